The maximum Gasteiger partial charge on any atom is 0.172 e. The summed E-state index contributed by atoms with van der Waals surface area (Å²) in [6.07, 6.45) is 3.48. The largest absolute Gasteiger partial charge is 1.00 e. The molecule has 0 aromatic carbocycles. The number of rotatable bonds is 6. The number of hydrogen-bond donors (Lipinski definition) is 2. The molecule has 0 unspecified atom stereocenters. The van der Waals surface area contributed by atoms with Gasteiger partial charge in [-0.05, 0) is 58.6 Å². The van der Waals surface area contributed by atoms with Gasteiger partial charge in [0.25, 0.3) is 0 Å². The highest BCUT2D eigenvalue weighted by atomic mass is 35.5. The number of nitrogen functional groups attached to an aromatic ring is 1. The number of anilines is 2. The van der Waals surface area contributed by atoms with Crippen molar-refractivity contribution in [3.05, 3.63) is 23.4 Å². The molecule has 1 aliphatic carbocycles. The number of quaternary nitrogens is 1. The Morgan fingerprint density at radius 2 is 1.85 bits per heavy atom. The minimum Gasteiger partial charge on any atom is -1.00 e. The van der Waals surface area contributed by atoms with E-state index in [1.807, 2.05) is 0 Å². The molecular weight excluding hydrogens is 369 g/mol. The van der Waals surface area contributed by atoms with Crippen molar-refractivity contribution in [1.82, 2.24) is 9.61 Å². The molecule has 26 heavy (non-hydrogen) atoms. The van der Waals surface area contributed by atoms with Crippen molar-refractivity contribution < 1.29 is 16.9 Å². The lowest BCUT2D eigenvalue weighted by Crippen LogP contribution is -3.00. The Balaban J connectivity index is 0.00000169. The summed E-state index contributed by atoms with van der Waals surface area (Å²) in [5, 5.41) is 8.25. The second-order valence-corrected chi connectivity index (χ2v) is 7.90. The van der Waals surface area contributed by atoms with Crippen LogP contribution in [0.1, 0.15) is 45.4 Å². The third-order valence-corrected chi connectivity index (χ3v) is 6.13. The van der Waals surface area contributed by atoms with Gasteiger partial charge in [0.1, 0.15) is 5.69 Å². The van der Waals surface area contributed by atoms with Crippen LogP contribution in [0, 0.1) is 0 Å². The van der Waals surface area contributed by atoms with Gasteiger partial charge in [0.15, 0.2) is 5.82 Å². The van der Waals surface area contributed by atoms with Crippen LogP contribution >= 0.6 is 12.4 Å². The Bertz CT molecular complexity index is 731. The van der Waals surface area contributed by atoms with E-state index in [-0.39, 0.29) is 24.8 Å². The zero-order chi connectivity index (χ0) is 17.5. The monoisotopic (exact) mass is 401 g/mol. The summed E-state index contributed by atoms with van der Waals surface area (Å²) in [5.41, 5.74) is 10.9. The van der Waals surface area contributed by atoms with E-state index < -0.39 is 0 Å². The molecule has 3 rings (SSSR count). The van der Waals surface area contributed by atoms with Gasteiger partial charge in [-0.15, -0.1) is 17.5 Å². The number of hydrogen-bond acceptors (Lipinski definition) is 3. The van der Waals surface area contributed by atoms with Crippen LogP contribution in [0.4, 0.5) is 11.5 Å². The molecule has 5 nitrogen and oxygen atoms in total. The van der Waals surface area contributed by atoms with Crippen molar-refractivity contribution in [2.45, 2.75) is 59.0 Å². The molecule has 0 amide bonds. The molecule has 0 saturated carbocycles. The van der Waals surface area contributed by atoms with Crippen molar-refractivity contribution in [1.29, 1.82) is 0 Å². The maximum atomic E-state index is 6.35. The van der Waals surface area contributed by atoms with E-state index in [2.05, 4.69) is 56.7 Å². The van der Waals surface area contributed by atoms with Crippen molar-refractivity contribution >= 4 is 29.4 Å². The molecule has 2 heterocycles. The van der Waals surface area contributed by atoms with Gasteiger partial charge in [-0.1, -0.05) is 6.07 Å². The summed E-state index contributed by atoms with van der Waals surface area (Å²) < 4.78 is 3.09. The topological polar surface area (TPSA) is 55.4 Å². The Hall–Kier alpha value is -1.17. The van der Waals surface area contributed by atoms with Gasteiger partial charge < -0.3 is 27.9 Å². The molecule has 2 aromatic heterocycles. The number of fused-ring (bicyclic) bond motifs is 3. The first-order valence-corrected chi connectivity index (χ1v) is 9.22. The Morgan fingerprint density at radius 1 is 1.19 bits per heavy atom. The smallest absolute Gasteiger partial charge is 0.172 e. The summed E-state index contributed by atoms with van der Waals surface area (Å²) in [4.78, 5) is 0. The zero-order valence-electron chi connectivity index (χ0n) is 16.6. The second kappa shape index (κ2) is 8.68. The summed E-state index contributed by atoms with van der Waals surface area (Å²) in [5.74, 6) is 0.828. The van der Waals surface area contributed by atoms with Crippen LogP contribution in [0.15, 0.2) is 12.1 Å². The molecule has 0 aliphatic heterocycles. The van der Waals surface area contributed by atoms with Crippen molar-refractivity contribution in [2.75, 3.05) is 31.2 Å². The number of halogens is 2. The van der Waals surface area contributed by atoms with Crippen LogP contribution in [0.2, 0.25) is 0 Å². The minimum atomic E-state index is 0. The second-order valence-electron chi connectivity index (χ2n) is 7.90. The van der Waals surface area contributed by atoms with Crippen LogP contribution in [0.5, 0.6) is 0 Å². The molecule has 148 valence electrons. The first kappa shape index (κ1) is 22.9. The van der Waals surface area contributed by atoms with E-state index in [0.717, 1.165) is 47.4 Å². The molecular formula is C19H33Cl2N5. The first-order valence-electron chi connectivity index (χ1n) is 9.22. The first-order chi connectivity index (χ1) is 11.3. The predicted octanol–water partition coefficient (Wildman–Crippen LogP) is 0.506. The average molecular weight is 402 g/mol. The van der Waals surface area contributed by atoms with Gasteiger partial charge in [-0.3, -0.25) is 0 Å². The van der Waals surface area contributed by atoms with E-state index in [1.165, 1.54) is 17.7 Å². The van der Waals surface area contributed by atoms with Crippen LogP contribution in [-0.4, -0.2) is 46.3 Å². The van der Waals surface area contributed by atoms with Gasteiger partial charge in [-0.2, -0.15) is 0 Å². The van der Waals surface area contributed by atoms with Crippen molar-refractivity contribution in [3.8, 4) is 0 Å². The summed E-state index contributed by atoms with van der Waals surface area (Å²) >= 11 is 0. The Morgan fingerprint density at radius 3 is 2.46 bits per heavy atom. The van der Waals surface area contributed by atoms with E-state index in [1.54, 1.807) is 0 Å². The van der Waals surface area contributed by atoms with Crippen LogP contribution in [0.25, 0.3) is 5.52 Å². The quantitative estimate of drug-likeness (QED) is 0.693. The zero-order valence-corrected chi connectivity index (χ0v) is 18.1. The number of nitrogens with one attached hydrogen (secondary N) is 1. The molecule has 7 heteroatoms. The number of aryl methyl sites for hydroxylation is 2. The van der Waals surface area contributed by atoms with Gasteiger partial charge in [0.05, 0.1) is 37.7 Å². The number of pyridine rings is 1. The van der Waals surface area contributed by atoms with Gasteiger partial charge in [-0.25, -0.2) is 4.52 Å². The van der Waals surface area contributed by atoms with E-state index >= 15 is 0 Å². The minimum absolute atomic E-state index is 0. The highest BCUT2D eigenvalue weighted by molar-refractivity contribution is 5.85. The molecule has 0 fully saturated rings. The molecule has 3 N–H and O–H groups in total. The summed E-state index contributed by atoms with van der Waals surface area (Å²) in [6, 6.07) is 5.51. The van der Waals surface area contributed by atoms with Gasteiger partial charge in [0.2, 0.25) is 0 Å². The maximum absolute atomic E-state index is 6.35. The lowest BCUT2D eigenvalue weighted by molar-refractivity contribution is -0.947. The third-order valence-electron chi connectivity index (χ3n) is 6.13. The lowest BCUT2D eigenvalue weighted by atomic mass is 10.1. The van der Waals surface area contributed by atoms with E-state index in [0.29, 0.717) is 12.1 Å². The fourth-order valence-corrected chi connectivity index (χ4v) is 3.82. The number of nitrogens with zero attached hydrogens (tertiary/aromatic N) is 3. The average Bonchev–Trinajstić information content (AvgIpc) is 3.12. The third kappa shape index (κ3) is 3.90. The molecule has 0 saturated heterocycles. The van der Waals surface area contributed by atoms with E-state index in [9.17, 15) is 0 Å². The molecule has 1 aliphatic rings. The highest BCUT2D eigenvalue weighted by Gasteiger charge is 2.29. The standard InChI is InChI=1S/C19H32N5.2ClH/c1-13(2)24(5,14(3)4)12-11-21-19-18(20)17-10-9-15-7-6-8-16(15)23(17)22-19;;/h9-10,13-14H,6-8,11-12,20H2,1-5H3,(H,21,22);2*1H/q+1;;/p-1. The predicted molar refractivity (Wildman–Crippen MR) is 109 cm³/mol. The van der Waals surface area contributed by atoms with Crippen molar-refractivity contribution in [3.63, 3.8) is 0 Å². The van der Waals surface area contributed by atoms with Gasteiger partial charge in [0, 0.05) is 5.69 Å². The van der Waals surface area contributed by atoms with E-state index in [4.69, 9.17) is 10.8 Å². The van der Waals surface area contributed by atoms with Gasteiger partial charge >= 0.3 is 0 Å². The fourth-order valence-electron chi connectivity index (χ4n) is 3.82. The van der Waals surface area contributed by atoms with Crippen LogP contribution < -0.4 is 23.5 Å². The van der Waals surface area contributed by atoms with Crippen molar-refractivity contribution in [2.24, 2.45) is 0 Å². The summed E-state index contributed by atoms with van der Waals surface area (Å²) in [7, 11) is 2.33. The highest BCUT2D eigenvalue weighted by Crippen LogP contribution is 2.29. The summed E-state index contributed by atoms with van der Waals surface area (Å²) in [6.45, 7) is 11.1. The molecule has 0 atom stereocenters. The normalized spacial score (nSPS) is 13.7. The molecule has 0 spiro atoms. The lowest BCUT2D eigenvalue weighted by Gasteiger charge is -2.42. The number of likely N-dealkylation sites (N-methyl/N-ethyl adjacent to an activating group) is 1. The Kier molecular flexibility index (Phi) is 7.63. The fraction of sp³-hybridized carbons (Fsp3) is 0.632. The molecule has 0 bridgehead atoms. The number of nitrogens with two attached hydrogens (primary N) is 1. The molecule has 2 aromatic rings. The Labute approximate surface area is 169 Å². The molecule has 0 radical (unpaired) electrons. The van der Waals surface area contributed by atoms with Crippen LogP contribution in [0.3, 0.4) is 0 Å². The SMILES string of the molecule is CC(C)[N+](C)(CCNc1nn2c3c(ccc2c1N)CCC3)C(C)C.Cl.[Cl-]. The van der Waals surface area contributed by atoms with Crippen LogP contribution in [-0.2, 0) is 12.8 Å². The number of aromatic nitrogens is 2.